The lowest BCUT2D eigenvalue weighted by Gasteiger charge is -2.01. The molecule has 0 radical (unpaired) electrons. The van der Waals surface area contributed by atoms with E-state index < -0.39 is 0 Å². The average Bonchev–Trinajstić information content (AvgIpc) is 3.21. The Kier molecular flexibility index (Phi) is 4.15. The first-order valence-electron chi connectivity index (χ1n) is 6.35. The van der Waals surface area contributed by atoms with Crippen LogP contribution in [-0.4, -0.2) is 11.9 Å². The smallest absolute Gasteiger partial charge is 0.262 e. The van der Waals surface area contributed by atoms with Gasteiger partial charge in [-0.25, -0.2) is 0 Å². The molecule has 0 aliphatic heterocycles. The fraction of sp³-hybridized carbons (Fsp3) is 0.250. The van der Waals surface area contributed by atoms with Crippen LogP contribution in [0.15, 0.2) is 47.6 Å². The zero-order valence-corrected chi connectivity index (χ0v) is 10.9. The van der Waals surface area contributed by atoms with E-state index in [1.54, 1.807) is 6.08 Å². The number of allylic oxidation sites excluding steroid dienone is 2. The molecule has 0 aromatic heterocycles. The van der Waals surface area contributed by atoms with Crippen LogP contribution in [0.1, 0.15) is 25.3 Å². The minimum atomic E-state index is -0.272. The third-order valence-electron chi connectivity index (χ3n) is 2.84. The standard InChI is InChI=1S/C16H16N2O/c1-12(9-13-5-3-2-4-6-13)10-14(11-17)16(19)18-15-7-8-15/h2-6,9-10,15H,7-8H2,1H3,(H,18,19)/b12-9+,14-10-. The molecule has 0 unspecified atom stereocenters. The molecule has 0 bridgehead atoms. The summed E-state index contributed by atoms with van der Waals surface area (Å²) >= 11 is 0. The summed E-state index contributed by atoms with van der Waals surface area (Å²) in [5.74, 6) is -0.272. The van der Waals surface area contributed by atoms with Gasteiger partial charge in [-0.3, -0.25) is 4.79 Å². The molecule has 1 fully saturated rings. The molecule has 1 N–H and O–H groups in total. The Balaban J connectivity index is 2.10. The van der Waals surface area contributed by atoms with Gasteiger partial charge < -0.3 is 5.32 Å². The molecule has 0 spiro atoms. The molecule has 0 heterocycles. The largest absolute Gasteiger partial charge is 0.349 e. The van der Waals surface area contributed by atoms with Crippen molar-refractivity contribution in [2.24, 2.45) is 0 Å². The molecule has 1 saturated carbocycles. The first-order valence-corrected chi connectivity index (χ1v) is 6.35. The van der Waals surface area contributed by atoms with Gasteiger partial charge in [0, 0.05) is 6.04 Å². The van der Waals surface area contributed by atoms with Gasteiger partial charge in [0.25, 0.3) is 5.91 Å². The molecule has 1 aliphatic rings. The highest BCUT2D eigenvalue weighted by molar-refractivity contribution is 5.98. The van der Waals surface area contributed by atoms with Gasteiger partial charge in [0.15, 0.2) is 0 Å². The minimum absolute atomic E-state index is 0.164. The fourth-order valence-electron chi connectivity index (χ4n) is 1.72. The molecule has 1 amide bonds. The number of nitrogens with one attached hydrogen (secondary N) is 1. The van der Waals surface area contributed by atoms with Gasteiger partial charge in [-0.05, 0) is 37.0 Å². The van der Waals surface area contributed by atoms with Gasteiger partial charge in [0.1, 0.15) is 11.6 Å². The van der Waals surface area contributed by atoms with Crippen LogP contribution in [0.5, 0.6) is 0 Å². The van der Waals surface area contributed by atoms with Crippen molar-refractivity contribution in [3.05, 3.63) is 53.1 Å². The number of rotatable bonds is 4. The summed E-state index contributed by atoms with van der Waals surface area (Å²) in [7, 11) is 0. The Labute approximate surface area is 113 Å². The van der Waals surface area contributed by atoms with Crippen LogP contribution in [0.3, 0.4) is 0 Å². The second-order valence-corrected chi connectivity index (χ2v) is 4.72. The van der Waals surface area contributed by atoms with E-state index in [0.29, 0.717) is 0 Å². The topological polar surface area (TPSA) is 52.9 Å². The van der Waals surface area contributed by atoms with E-state index in [0.717, 1.165) is 24.0 Å². The maximum absolute atomic E-state index is 11.8. The maximum atomic E-state index is 11.8. The van der Waals surface area contributed by atoms with Crippen LogP contribution in [0.25, 0.3) is 6.08 Å². The van der Waals surface area contributed by atoms with E-state index in [1.165, 1.54) is 0 Å². The Morgan fingerprint density at radius 3 is 2.63 bits per heavy atom. The van der Waals surface area contributed by atoms with Gasteiger partial charge in [-0.15, -0.1) is 0 Å². The number of nitriles is 1. The molecular formula is C16H16N2O. The lowest BCUT2D eigenvalue weighted by atomic mass is 10.1. The van der Waals surface area contributed by atoms with Gasteiger partial charge in [-0.1, -0.05) is 36.4 Å². The molecule has 96 valence electrons. The van der Waals surface area contributed by atoms with E-state index in [9.17, 15) is 4.79 Å². The van der Waals surface area contributed by atoms with Crippen molar-refractivity contribution in [3.63, 3.8) is 0 Å². The highest BCUT2D eigenvalue weighted by atomic mass is 16.1. The van der Waals surface area contributed by atoms with Gasteiger partial charge >= 0.3 is 0 Å². The van der Waals surface area contributed by atoms with Crippen LogP contribution >= 0.6 is 0 Å². The molecule has 2 rings (SSSR count). The molecule has 0 atom stereocenters. The number of hydrogen-bond acceptors (Lipinski definition) is 2. The molecular weight excluding hydrogens is 236 g/mol. The van der Waals surface area contributed by atoms with Crippen molar-refractivity contribution in [2.75, 3.05) is 0 Å². The van der Waals surface area contributed by atoms with Gasteiger partial charge in [0.05, 0.1) is 0 Å². The summed E-state index contributed by atoms with van der Waals surface area (Å²) in [6.07, 6.45) is 5.61. The number of nitrogens with zero attached hydrogens (tertiary/aromatic N) is 1. The van der Waals surface area contributed by atoms with E-state index >= 15 is 0 Å². The van der Waals surface area contributed by atoms with Crippen molar-refractivity contribution in [1.29, 1.82) is 5.26 Å². The quantitative estimate of drug-likeness (QED) is 0.509. The molecule has 3 heteroatoms. The molecule has 3 nitrogen and oxygen atoms in total. The molecule has 1 aromatic rings. The summed E-state index contributed by atoms with van der Waals surface area (Å²) in [5.41, 5.74) is 2.10. The third kappa shape index (κ3) is 4.11. The lowest BCUT2D eigenvalue weighted by Crippen LogP contribution is -2.26. The first kappa shape index (κ1) is 13.1. The van der Waals surface area contributed by atoms with E-state index in [4.69, 9.17) is 5.26 Å². The van der Waals surface area contributed by atoms with Crippen molar-refractivity contribution >= 4 is 12.0 Å². The Morgan fingerprint density at radius 2 is 2.05 bits per heavy atom. The Hall–Kier alpha value is -2.34. The molecule has 0 saturated heterocycles. The number of hydrogen-bond donors (Lipinski definition) is 1. The van der Waals surface area contributed by atoms with E-state index in [1.807, 2.05) is 49.4 Å². The number of carbonyl (C=O) groups excluding carboxylic acids is 1. The summed E-state index contributed by atoms with van der Waals surface area (Å²) in [6, 6.07) is 12.0. The Bertz CT molecular complexity index is 560. The van der Waals surface area contributed by atoms with Gasteiger partial charge in [0.2, 0.25) is 0 Å². The molecule has 19 heavy (non-hydrogen) atoms. The SMILES string of the molecule is CC(/C=C(/C#N)C(=O)NC1CC1)=C\c1ccccc1. The second kappa shape index (κ2) is 6.01. The minimum Gasteiger partial charge on any atom is -0.349 e. The highest BCUT2D eigenvalue weighted by Gasteiger charge is 2.24. The summed E-state index contributed by atoms with van der Waals surface area (Å²) < 4.78 is 0. The van der Waals surface area contributed by atoms with Crippen LogP contribution in [0, 0.1) is 11.3 Å². The molecule has 1 aliphatic carbocycles. The van der Waals surface area contributed by atoms with Crippen molar-refractivity contribution in [3.8, 4) is 6.07 Å². The first-order chi connectivity index (χ1) is 9.19. The second-order valence-electron chi connectivity index (χ2n) is 4.72. The van der Waals surface area contributed by atoms with Crippen molar-refractivity contribution in [1.82, 2.24) is 5.32 Å². The van der Waals surface area contributed by atoms with Crippen LogP contribution in [-0.2, 0) is 4.79 Å². The lowest BCUT2D eigenvalue weighted by molar-refractivity contribution is -0.117. The zero-order valence-electron chi connectivity index (χ0n) is 10.9. The summed E-state index contributed by atoms with van der Waals surface area (Å²) in [5, 5.41) is 11.9. The maximum Gasteiger partial charge on any atom is 0.262 e. The highest BCUT2D eigenvalue weighted by Crippen LogP contribution is 2.19. The van der Waals surface area contributed by atoms with Crippen molar-refractivity contribution < 1.29 is 4.79 Å². The Morgan fingerprint density at radius 1 is 1.37 bits per heavy atom. The zero-order chi connectivity index (χ0) is 13.7. The number of carbonyl (C=O) groups is 1. The van der Waals surface area contributed by atoms with E-state index in [2.05, 4.69) is 5.32 Å². The summed E-state index contributed by atoms with van der Waals surface area (Å²) in [4.78, 5) is 11.8. The normalized spacial score (nSPS) is 15.8. The van der Waals surface area contributed by atoms with Crippen LogP contribution in [0.4, 0.5) is 0 Å². The van der Waals surface area contributed by atoms with Crippen molar-refractivity contribution in [2.45, 2.75) is 25.8 Å². The number of benzene rings is 1. The summed E-state index contributed by atoms with van der Waals surface area (Å²) in [6.45, 7) is 1.88. The van der Waals surface area contributed by atoms with E-state index in [-0.39, 0.29) is 17.5 Å². The number of amides is 1. The molecule has 1 aromatic carbocycles. The van der Waals surface area contributed by atoms with Gasteiger partial charge in [-0.2, -0.15) is 5.26 Å². The van der Waals surface area contributed by atoms with Crippen LogP contribution < -0.4 is 5.32 Å². The van der Waals surface area contributed by atoms with Crippen LogP contribution in [0.2, 0.25) is 0 Å². The monoisotopic (exact) mass is 252 g/mol. The average molecular weight is 252 g/mol. The predicted octanol–water partition coefficient (Wildman–Crippen LogP) is 2.82. The third-order valence-corrected chi connectivity index (χ3v) is 2.84. The fourth-order valence-corrected chi connectivity index (χ4v) is 1.72. The predicted molar refractivity (Wildman–Crippen MR) is 75.0 cm³/mol.